The molecule has 4 heterocycles. The Kier molecular flexibility index (Phi) is 42.0. The fourth-order valence-electron chi connectivity index (χ4n) is 7.74. The predicted octanol–water partition coefficient (Wildman–Crippen LogP) is 25.4. The first-order chi connectivity index (χ1) is 40.0. The van der Waals surface area contributed by atoms with Crippen molar-refractivity contribution in [3.8, 4) is 0 Å². The number of ether oxygens (including phenoxy) is 1. The average molecular weight is 1810 g/mol. The standard InChI is InChI=1S/C26H24BrClN4O3.C16H23BO4.H32P30/c1-4-29-25(33)23-10-9-18(35-23)13-32(14-22-20(28)11-17(27)12-30-22)26(34)24-15(2)16(3)31-21-8-6-5-7-19(21)24;1-11(14(18)19-6)12-8-7-9-13(10-12)17-20-15(2,3)16(4,5)21-17;1-17(2)25(18(3)4)29(26(19(5)6)20(7)8)30(27(21(9)10)22(11)12)28(23(13)14)24(15)16/h5-12H,4,13-14H2,1-3H3,(H,29,33);7-11H,1-6H3;1-16H2. The molecule has 11 nitrogen and oxygen atoms in total. The zero-order chi connectivity index (χ0) is 65.0. The zero-order valence-corrected chi connectivity index (χ0v) is 82.0. The van der Waals surface area contributed by atoms with Crippen LogP contribution in [0.5, 0.6) is 0 Å². The average Bonchev–Trinajstić information content (AvgIpc) is 1.19. The van der Waals surface area contributed by atoms with Crippen molar-refractivity contribution in [2.75, 3.05) is 13.7 Å². The van der Waals surface area contributed by atoms with Gasteiger partial charge in [0.05, 0.1) is 59.1 Å². The number of hydrogen-bond donors (Lipinski definition) is 1. The molecule has 0 bridgehead atoms. The van der Waals surface area contributed by atoms with Crippen LogP contribution in [0.2, 0.25) is 5.02 Å². The van der Waals surface area contributed by atoms with E-state index in [0.717, 1.165) is 37.7 Å². The molecular formula is C42H79BBrClN4O7P30. The van der Waals surface area contributed by atoms with Crippen LogP contribution in [0, 0.1) is 13.8 Å². The van der Waals surface area contributed by atoms with Gasteiger partial charge in [-0.3, -0.25) is 24.4 Å². The number of amides is 2. The first-order valence-corrected chi connectivity index (χ1v) is 80.1. The number of rotatable bonds is 23. The van der Waals surface area contributed by atoms with Crippen molar-refractivity contribution in [3.63, 3.8) is 0 Å². The zero-order valence-electron chi connectivity index (χ0n) is 48.7. The summed E-state index contributed by atoms with van der Waals surface area (Å²) in [7, 11) is 53.6. The van der Waals surface area contributed by atoms with Crippen LogP contribution in [0.3, 0.4) is 0 Å². The minimum atomic E-state index is -0.417. The number of nitrogens with zero attached hydrogens (tertiary/aromatic N) is 3. The number of esters is 1. The van der Waals surface area contributed by atoms with E-state index in [1.165, 1.54) is 7.11 Å². The van der Waals surface area contributed by atoms with Crippen LogP contribution in [-0.2, 0) is 31.9 Å². The lowest BCUT2D eigenvalue weighted by Crippen LogP contribution is -2.41. The minimum absolute atomic E-state index is 0.0331. The molecule has 1 aliphatic rings. The van der Waals surface area contributed by atoms with Gasteiger partial charge in [-0.2, -0.15) is 0 Å². The van der Waals surface area contributed by atoms with Gasteiger partial charge in [0.25, 0.3) is 11.8 Å². The summed E-state index contributed by atoms with van der Waals surface area (Å²) in [6.45, 7) is 16.0. The van der Waals surface area contributed by atoms with E-state index < -0.39 is 7.12 Å². The van der Waals surface area contributed by atoms with Gasteiger partial charge in [0, 0.05) is 28.3 Å². The van der Waals surface area contributed by atoms with Crippen LogP contribution in [-0.4, -0.2) is 64.6 Å². The number of para-hydroxylation sites is 1. The number of benzene rings is 2. The summed E-state index contributed by atoms with van der Waals surface area (Å²) < 4.78 is 23.4. The van der Waals surface area contributed by atoms with E-state index >= 15 is 0 Å². The Labute approximate surface area is 578 Å². The Morgan fingerprint density at radius 1 is 0.698 bits per heavy atom. The summed E-state index contributed by atoms with van der Waals surface area (Å²) in [6.07, 6.45) is 1.64. The normalized spacial score (nSPS) is 14.6. The molecule has 3 aromatic heterocycles. The van der Waals surface area contributed by atoms with Gasteiger partial charge in [0.15, 0.2) is 5.76 Å². The fourth-order valence-corrected chi connectivity index (χ4v) is 407. The summed E-state index contributed by atoms with van der Waals surface area (Å²) in [5, 5.41) is 3.92. The SMILES string of the molecule is CCNC(=O)c1ccc(CN(Cc2ncc(Br)cc2Cl)C(=O)c2c(C)c(C)nc3ccccc23)o1.COC(=O)C(C)c1cccc(B2OC(C)(C)C(C)(C)O2)c1.PP(P)P(P(P)P)P(P(P(P)P)P(P)P)P(P(P(P)P)P(P)P)P(P(P)P)P(P)P. The van der Waals surface area contributed by atoms with Crippen molar-refractivity contribution >= 4 is 309 Å². The highest BCUT2D eigenvalue weighted by atomic mass is 79.9. The number of aryl methyl sites for hydroxylation is 1. The molecule has 476 valence electrons. The number of furan rings is 1. The largest absolute Gasteiger partial charge is 0.494 e. The second-order valence-corrected chi connectivity index (χ2v) is 141. The van der Waals surface area contributed by atoms with Gasteiger partial charge in [-0.1, -0.05) is 54.1 Å². The smallest absolute Gasteiger partial charge is 0.469 e. The van der Waals surface area contributed by atoms with E-state index in [1.54, 1.807) is 29.3 Å². The number of methoxy groups -OCH3 is 1. The quantitative estimate of drug-likeness (QED) is 0.0385. The topological polar surface area (TPSA) is 133 Å². The number of pyridine rings is 2. The van der Waals surface area contributed by atoms with E-state index in [9.17, 15) is 14.4 Å². The molecule has 44 heteroatoms. The molecule has 17 unspecified atom stereocenters. The fraction of sp³-hybridized carbons (Fsp3) is 0.357. The molecule has 0 saturated carbocycles. The third-order valence-electron chi connectivity index (χ3n) is 12.6. The van der Waals surface area contributed by atoms with Crippen LogP contribution in [0.15, 0.2) is 81.8 Å². The molecule has 86 heavy (non-hydrogen) atoms. The van der Waals surface area contributed by atoms with Gasteiger partial charge in [0.1, 0.15) is 5.76 Å². The molecule has 1 aliphatic heterocycles. The number of aromatic nitrogens is 2. The Balaban J connectivity index is 0.000000285. The summed E-state index contributed by atoms with van der Waals surface area (Å²) in [5.74, 6) is -0.406. The van der Waals surface area contributed by atoms with Crippen LogP contribution >= 0.6 is 268 Å². The summed E-state index contributed by atoms with van der Waals surface area (Å²) in [5.41, 5.74) is 4.51. The second-order valence-electron chi connectivity index (χ2n) is 19.2. The molecule has 1 N–H and O–H groups in total. The first-order valence-electron chi connectivity index (χ1n) is 25.0. The number of nitrogens with one attached hydrogen (secondary N) is 1. The molecule has 17 atom stereocenters. The van der Waals surface area contributed by atoms with Gasteiger partial charge < -0.3 is 28.7 Å². The lowest BCUT2D eigenvalue weighted by Gasteiger charge is -2.52. The molecule has 0 spiro atoms. The second kappa shape index (κ2) is 41.6. The molecule has 5 aromatic rings. The van der Waals surface area contributed by atoms with E-state index in [-0.39, 0.29) is 152 Å². The number of hydrogen-bond acceptors (Lipinski definition) is 9. The monoisotopic (exact) mass is 1810 g/mol. The molecule has 6 rings (SSSR count). The summed E-state index contributed by atoms with van der Waals surface area (Å²) in [6, 6.07) is 20.3. The first kappa shape index (κ1) is 86.8. The predicted molar refractivity (Wildman–Crippen MR) is 473 cm³/mol. The van der Waals surface area contributed by atoms with E-state index in [0.29, 0.717) is 28.6 Å². The van der Waals surface area contributed by atoms with Crippen molar-refractivity contribution in [1.29, 1.82) is 0 Å². The third kappa shape index (κ3) is 25.1. The third-order valence-corrected chi connectivity index (χ3v) is 210. The van der Waals surface area contributed by atoms with Gasteiger partial charge in [0.2, 0.25) is 0 Å². The lowest BCUT2D eigenvalue weighted by atomic mass is 9.77. The molecule has 1 saturated heterocycles. The minimum Gasteiger partial charge on any atom is -0.469 e. The molecule has 0 aliphatic carbocycles. The Bertz CT molecular complexity index is 2930. The summed E-state index contributed by atoms with van der Waals surface area (Å²) >= 11 is 9.81. The molecule has 0 radical (unpaired) electrons. The molecule has 2 aromatic carbocycles. The van der Waals surface area contributed by atoms with Gasteiger partial charge >= 0.3 is 13.1 Å². The van der Waals surface area contributed by atoms with E-state index in [4.69, 9.17) is 30.1 Å². The number of carbonyl (C=O) groups is 3. The summed E-state index contributed by atoms with van der Waals surface area (Å²) in [4.78, 5) is 48.6. The van der Waals surface area contributed by atoms with E-state index in [2.05, 4.69) is 174 Å². The van der Waals surface area contributed by atoms with Crippen molar-refractivity contribution in [2.45, 2.75) is 85.6 Å². The van der Waals surface area contributed by atoms with Crippen LogP contribution in [0.4, 0.5) is 0 Å². The van der Waals surface area contributed by atoms with Gasteiger partial charge in [-0.05, 0) is 210 Å². The van der Waals surface area contributed by atoms with Crippen LogP contribution in [0.25, 0.3) is 10.9 Å². The highest BCUT2D eigenvalue weighted by Crippen LogP contribution is 3.38. The maximum absolute atomic E-state index is 14.1. The number of fused-ring (bicyclic) bond motifs is 1. The number of carbonyl (C=O) groups excluding carboxylic acids is 3. The highest BCUT2D eigenvalue weighted by Gasteiger charge is 2.53. The van der Waals surface area contributed by atoms with E-state index in [1.807, 2.05) is 104 Å². The van der Waals surface area contributed by atoms with Crippen molar-refractivity contribution < 1.29 is 32.8 Å². The van der Waals surface area contributed by atoms with Crippen LogP contribution in [0.1, 0.15) is 96.6 Å². The Morgan fingerprint density at radius 2 is 1.19 bits per heavy atom. The highest BCUT2D eigenvalue weighted by molar-refractivity contribution is 9.44. The van der Waals surface area contributed by atoms with Crippen molar-refractivity contribution in [2.24, 2.45) is 0 Å². The number of halogens is 2. The maximum atomic E-state index is 14.1. The Morgan fingerprint density at radius 3 is 1.64 bits per heavy atom. The van der Waals surface area contributed by atoms with Crippen molar-refractivity contribution in [1.82, 2.24) is 20.2 Å². The molecule has 1 fully saturated rings. The Hall–Kier alpha value is 8.34. The van der Waals surface area contributed by atoms with Crippen molar-refractivity contribution in [3.05, 3.63) is 122 Å². The van der Waals surface area contributed by atoms with Crippen LogP contribution < -0.4 is 10.8 Å². The van der Waals surface area contributed by atoms with Gasteiger partial charge in [-0.15, -0.1) is 143 Å². The maximum Gasteiger partial charge on any atom is 0.494 e. The molecular weight excluding hydrogens is 1730 g/mol. The molecule has 2 amide bonds. The lowest BCUT2D eigenvalue weighted by molar-refractivity contribution is -0.142. The van der Waals surface area contributed by atoms with Gasteiger partial charge in [-0.25, -0.2) is 0 Å².